The summed E-state index contributed by atoms with van der Waals surface area (Å²) in [6.45, 7) is 4.21. The smallest absolute Gasteiger partial charge is 0.220 e. The Balaban J connectivity index is 2.16. The van der Waals surface area contributed by atoms with Crippen LogP contribution in [0.1, 0.15) is 24.7 Å². The maximum absolute atomic E-state index is 5.72. The first-order chi connectivity index (χ1) is 10.7. The van der Waals surface area contributed by atoms with E-state index < -0.39 is 0 Å². The Bertz CT molecular complexity index is 728. The zero-order valence-corrected chi connectivity index (χ0v) is 12.8. The van der Waals surface area contributed by atoms with Gasteiger partial charge in [0.1, 0.15) is 5.82 Å². The predicted octanol–water partition coefficient (Wildman–Crippen LogP) is 3.38. The Morgan fingerprint density at radius 1 is 1.18 bits per heavy atom. The highest BCUT2D eigenvalue weighted by molar-refractivity contribution is 5.77. The molecule has 3 rings (SSSR count). The molecule has 0 radical (unpaired) electrons. The lowest BCUT2D eigenvalue weighted by atomic mass is 10.1. The lowest BCUT2D eigenvalue weighted by Crippen LogP contribution is -1.96. The van der Waals surface area contributed by atoms with Crippen molar-refractivity contribution in [3.05, 3.63) is 47.9 Å². The van der Waals surface area contributed by atoms with Crippen LogP contribution in [0.5, 0.6) is 0 Å². The molecule has 3 N–H and O–H groups in total. The standard InChI is InChI=1S/C17H19N5/c1-3-5-14-21-15(12-7-4-6-11(2)10-12)16(22-14)13-8-9-19-17(18)20-13/h4,6-10H,3,5H2,1-2H3,(H,21,22)(H2,18,19,20). The molecule has 0 atom stereocenters. The molecule has 22 heavy (non-hydrogen) atoms. The monoisotopic (exact) mass is 293 g/mol. The van der Waals surface area contributed by atoms with Crippen LogP contribution in [0, 0.1) is 6.92 Å². The van der Waals surface area contributed by atoms with E-state index in [1.54, 1.807) is 6.20 Å². The molecule has 1 aromatic carbocycles. The topological polar surface area (TPSA) is 80.5 Å². The second-order valence-corrected chi connectivity index (χ2v) is 5.33. The molecule has 0 amide bonds. The Labute approximate surface area is 129 Å². The van der Waals surface area contributed by atoms with E-state index in [2.05, 4.69) is 47.0 Å². The number of nitrogens with two attached hydrogens (primary N) is 1. The Morgan fingerprint density at radius 2 is 2.05 bits per heavy atom. The summed E-state index contributed by atoms with van der Waals surface area (Å²) in [6.07, 6.45) is 3.60. The highest BCUT2D eigenvalue weighted by Gasteiger charge is 2.15. The van der Waals surface area contributed by atoms with Gasteiger partial charge < -0.3 is 10.7 Å². The molecule has 0 saturated carbocycles. The average Bonchev–Trinajstić information content (AvgIpc) is 2.92. The van der Waals surface area contributed by atoms with Crippen molar-refractivity contribution in [2.24, 2.45) is 0 Å². The number of rotatable bonds is 4. The van der Waals surface area contributed by atoms with E-state index in [9.17, 15) is 0 Å². The van der Waals surface area contributed by atoms with Gasteiger partial charge in [-0.15, -0.1) is 0 Å². The predicted molar refractivity (Wildman–Crippen MR) is 88.2 cm³/mol. The maximum Gasteiger partial charge on any atom is 0.220 e. The zero-order valence-electron chi connectivity index (χ0n) is 12.8. The summed E-state index contributed by atoms with van der Waals surface area (Å²) in [5.41, 5.74) is 10.6. The number of nitrogens with zero attached hydrogens (tertiary/aromatic N) is 3. The molecule has 5 nitrogen and oxygen atoms in total. The van der Waals surface area contributed by atoms with Crippen molar-refractivity contribution in [2.75, 3.05) is 5.73 Å². The van der Waals surface area contributed by atoms with Crippen molar-refractivity contribution in [3.63, 3.8) is 0 Å². The number of hydrogen-bond acceptors (Lipinski definition) is 4. The maximum atomic E-state index is 5.72. The fourth-order valence-electron chi connectivity index (χ4n) is 2.48. The van der Waals surface area contributed by atoms with Gasteiger partial charge in [-0.25, -0.2) is 15.0 Å². The Hall–Kier alpha value is -2.69. The number of nitrogen functional groups attached to an aromatic ring is 1. The zero-order chi connectivity index (χ0) is 15.5. The quantitative estimate of drug-likeness (QED) is 0.772. The number of nitrogens with one attached hydrogen (secondary N) is 1. The number of aromatic amines is 1. The number of aryl methyl sites for hydroxylation is 2. The minimum Gasteiger partial charge on any atom is -0.368 e. The molecule has 0 aliphatic carbocycles. The number of H-pyrrole nitrogens is 1. The van der Waals surface area contributed by atoms with Gasteiger partial charge in [0.05, 0.1) is 17.1 Å². The van der Waals surface area contributed by atoms with Crippen molar-refractivity contribution in [2.45, 2.75) is 26.7 Å². The first-order valence-corrected chi connectivity index (χ1v) is 7.42. The summed E-state index contributed by atoms with van der Waals surface area (Å²) in [7, 11) is 0. The lowest BCUT2D eigenvalue weighted by molar-refractivity contribution is 0.857. The SMILES string of the molecule is CCCc1nc(-c2cccc(C)c2)c(-c2ccnc(N)n2)[nH]1. The number of imidazole rings is 1. The lowest BCUT2D eigenvalue weighted by Gasteiger charge is -2.04. The summed E-state index contributed by atoms with van der Waals surface area (Å²) in [5.74, 6) is 1.23. The van der Waals surface area contributed by atoms with Gasteiger partial charge in [-0.3, -0.25) is 0 Å². The van der Waals surface area contributed by atoms with Crippen LogP contribution in [0.4, 0.5) is 5.95 Å². The summed E-state index contributed by atoms with van der Waals surface area (Å²) in [5, 5.41) is 0. The van der Waals surface area contributed by atoms with Crippen LogP contribution in [0.15, 0.2) is 36.5 Å². The molecule has 5 heteroatoms. The molecule has 0 saturated heterocycles. The van der Waals surface area contributed by atoms with E-state index in [1.807, 2.05) is 12.1 Å². The van der Waals surface area contributed by atoms with Crippen molar-refractivity contribution in [1.29, 1.82) is 0 Å². The van der Waals surface area contributed by atoms with Gasteiger partial charge in [0.25, 0.3) is 0 Å². The van der Waals surface area contributed by atoms with Gasteiger partial charge in [0, 0.05) is 18.2 Å². The van der Waals surface area contributed by atoms with Crippen molar-refractivity contribution in [3.8, 4) is 22.6 Å². The fraction of sp³-hybridized carbons (Fsp3) is 0.235. The molecule has 0 bridgehead atoms. The van der Waals surface area contributed by atoms with Gasteiger partial charge in [-0.1, -0.05) is 30.7 Å². The van der Waals surface area contributed by atoms with E-state index in [4.69, 9.17) is 10.7 Å². The second-order valence-electron chi connectivity index (χ2n) is 5.33. The average molecular weight is 293 g/mol. The molecule has 2 heterocycles. The third-order valence-corrected chi connectivity index (χ3v) is 3.46. The molecule has 0 fully saturated rings. The minimum atomic E-state index is 0.263. The van der Waals surface area contributed by atoms with Gasteiger partial charge >= 0.3 is 0 Å². The fourth-order valence-corrected chi connectivity index (χ4v) is 2.48. The van der Waals surface area contributed by atoms with Crippen molar-refractivity contribution in [1.82, 2.24) is 19.9 Å². The van der Waals surface area contributed by atoms with Crippen molar-refractivity contribution < 1.29 is 0 Å². The summed E-state index contributed by atoms with van der Waals surface area (Å²) >= 11 is 0. The van der Waals surface area contributed by atoms with Crippen molar-refractivity contribution >= 4 is 5.95 Å². The third-order valence-electron chi connectivity index (χ3n) is 3.46. The summed E-state index contributed by atoms with van der Waals surface area (Å²) in [4.78, 5) is 16.4. The van der Waals surface area contributed by atoms with Crippen LogP contribution < -0.4 is 5.73 Å². The number of aromatic nitrogens is 4. The molecular formula is C17H19N5. The highest BCUT2D eigenvalue weighted by atomic mass is 15.0. The highest BCUT2D eigenvalue weighted by Crippen LogP contribution is 2.29. The van der Waals surface area contributed by atoms with E-state index in [0.717, 1.165) is 41.3 Å². The van der Waals surface area contributed by atoms with Crippen LogP contribution in [0.3, 0.4) is 0 Å². The van der Waals surface area contributed by atoms with Gasteiger partial charge in [0.15, 0.2) is 0 Å². The van der Waals surface area contributed by atoms with Crippen LogP contribution >= 0.6 is 0 Å². The molecule has 112 valence electrons. The molecular weight excluding hydrogens is 274 g/mol. The van der Waals surface area contributed by atoms with Gasteiger partial charge in [-0.05, 0) is 25.5 Å². The minimum absolute atomic E-state index is 0.263. The number of benzene rings is 1. The van der Waals surface area contributed by atoms with Crippen LogP contribution in [0.2, 0.25) is 0 Å². The number of anilines is 1. The van der Waals surface area contributed by atoms with Crippen LogP contribution in [-0.4, -0.2) is 19.9 Å². The molecule has 0 aliphatic heterocycles. The van der Waals surface area contributed by atoms with E-state index in [0.29, 0.717) is 0 Å². The van der Waals surface area contributed by atoms with E-state index in [1.165, 1.54) is 5.56 Å². The summed E-state index contributed by atoms with van der Waals surface area (Å²) in [6, 6.07) is 10.1. The largest absolute Gasteiger partial charge is 0.368 e. The normalized spacial score (nSPS) is 10.8. The Morgan fingerprint density at radius 3 is 2.77 bits per heavy atom. The van der Waals surface area contributed by atoms with Gasteiger partial charge in [0.2, 0.25) is 5.95 Å². The van der Waals surface area contributed by atoms with E-state index >= 15 is 0 Å². The molecule has 0 aliphatic rings. The van der Waals surface area contributed by atoms with Crippen LogP contribution in [0.25, 0.3) is 22.6 Å². The Kier molecular flexibility index (Phi) is 3.87. The van der Waals surface area contributed by atoms with Crippen LogP contribution in [-0.2, 0) is 6.42 Å². The molecule has 3 aromatic rings. The molecule has 0 unspecified atom stereocenters. The van der Waals surface area contributed by atoms with E-state index in [-0.39, 0.29) is 5.95 Å². The van der Waals surface area contributed by atoms with Gasteiger partial charge in [-0.2, -0.15) is 0 Å². The first kappa shape index (κ1) is 14.3. The molecule has 2 aromatic heterocycles. The first-order valence-electron chi connectivity index (χ1n) is 7.42. The summed E-state index contributed by atoms with van der Waals surface area (Å²) < 4.78 is 0. The third kappa shape index (κ3) is 2.83. The second kappa shape index (κ2) is 5.97. The molecule has 0 spiro atoms. The number of hydrogen-bond donors (Lipinski definition) is 2.